The monoisotopic (exact) mass is 580 g/mol. The normalized spacial score (nSPS) is 14.2. The zero-order chi connectivity index (χ0) is 30.0. The van der Waals surface area contributed by atoms with Gasteiger partial charge in [-0.05, 0) is 67.6 Å². The van der Waals surface area contributed by atoms with E-state index in [9.17, 15) is 22.8 Å². The number of nitrogens with one attached hydrogen (secondary N) is 3. The van der Waals surface area contributed by atoms with Gasteiger partial charge < -0.3 is 30.2 Å². The number of H-pyrrole nitrogens is 1. The van der Waals surface area contributed by atoms with E-state index in [1.807, 2.05) is 31.0 Å². The Hall–Kier alpha value is -4.58. The molecule has 0 saturated carbocycles. The molecule has 1 amide bonds. The molecule has 0 bridgehead atoms. The van der Waals surface area contributed by atoms with E-state index in [0.29, 0.717) is 48.0 Å². The van der Waals surface area contributed by atoms with Crippen LogP contribution in [0.15, 0.2) is 54.7 Å². The number of nitrogens with zero attached hydrogens (tertiary/aromatic N) is 3. The third-order valence-electron chi connectivity index (χ3n) is 7.34. The van der Waals surface area contributed by atoms with Gasteiger partial charge in [0.2, 0.25) is 0 Å². The molecule has 0 atom stereocenters. The van der Waals surface area contributed by atoms with E-state index in [4.69, 9.17) is 4.74 Å². The molecule has 0 aliphatic carbocycles. The Morgan fingerprint density at radius 3 is 2.50 bits per heavy atom. The number of ether oxygens (including phenoxy) is 1. The number of aromatic amines is 1. The Labute approximate surface area is 240 Å². The number of benzene rings is 2. The standard InChI is InChI=1S/C30H31F3N6O3/c1-18-4-5-23(12-21(18)16-34-24-11-19-14-26(29(41)42-3)37-27(19)35-17-24)36-28(40)20-10-22(30(31,32)33)15-25(13-20)39-8-6-38(2)7-9-39/h4-5,10-15,17,34H,6-9,16H2,1-3H3,(H,35,37)(H,36,40). The largest absolute Gasteiger partial charge is 0.464 e. The number of amides is 1. The van der Waals surface area contributed by atoms with E-state index in [1.165, 1.54) is 13.2 Å². The maximum Gasteiger partial charge on any atom is 0.416 e. The number of anilines is 3. The van der Waals surface area contributed by atoms with Crippen LogP contribution in [0.5, 0.6) is 0 Å². The number of carbonyl (C=O) groups is 2. The summed E-state index contributed by atoms with van der Waals surface area (Å²) in [6.07, 6.45) is -2.95. The summed E-state index contributed by atoms with van der Waals surface area (Å²) in [4.78, 5) is 36.2. The maximum atomic E-state index is 13.7. The zero-order valence-electron chi connectivity index (χ0n) is 23.4. The van der Waals surface area contributed by atoms with E-state index in [-0.39, 0.29) is 5.56 Å². The molecule has 3 N–H and O–H groups in total. The second kappa shape index (κ2) is 11.7. The average molecular weight is 581 g/mol. The zero-order valence-corrected chi connectivity index (χ0v) is 23.4. The van der Waals surface area contributed by atoms with E-state index in [0.717, 1.165) is 41.7 Å². The van der Waals surface area contributed by atoms with Gasteiger partial charge in [-0.2, -0.15) is 13.2 Å². The number of piperazine rings is 1. The summed E-state index contributed by atoms with van der Waals surface area (Å²) in [5.41, 5.74) is 3.32. The van der Waals surface area contributed by atoms with E-state index >= 15 is 0 Å². The first kappa shape index (κ1) is 28.9. The highest BCUT2D eigenvalue weighted by Gasteiger charge is 2.32. The van der Waals surface area contributed by atoms with Crippen LogP contribution in [0.2, 0.25) is 0 Å². The minimum atomic E-state index is -4.58. The number of esters is 1. The lowest BCUT2D eigenvalue weighted by Crippen LogP contribution is -2.44. The molecule has 42 heavy (non-hydrogen) atoms. The summed E-state index contributed by atoms with van der Waals surface area (Å²) in [6.45, 7) is 4.92. The summed E-state index contributed by atoms with van der Waals surface area (Å²) >= 11 is 0. The summed E-state index contributed by atoms with van der Waals surface area (Å²) in [7, 11) is 3.27. The van der Waals surface area contributed by atoms with Crippen LogP contribution in [-0.2, 0) is 17.5 Å². The molecule has 1 aliphatic heterocycles. The molecule has 0 spiro atoms. The number of hydrogen-bond acceptors (Lipinski definition) is 7. The fourth-order valence-electron chi connectivity index (χ4n) is 4.83. The minimum absolute atomic E-state index is 0.0591. The van der Waals surface area contributed by atoms with Gasteiger partial charge in [-0.1, -0.05) is 6.07 Å². The Morgan fingerprint density at radius 1 is 1.02 bits per heavy atom. The highest BCUT2D eigenvalue weighted by atomic mass is 19.4. The quantitative estimate of drug-likeness (QED) is 0.255. The number of halogens is 3. The molecule has 1 fully saturated rings. The van der Waals surface area contributed by atoms with Gasteiger partial charge >= 0.3 is 12.1 Å². The van der Waals surface area contributed by atoms with E-state index in [1.54, 1.807) is 24.4 Å². The van der Waals surface area contributed by atoms with Gasteiger partial charge in [0.25, 0.3) is 5.91 Å². The van der Waals surface area contributed by atoms with Gasteiger partial charge in [-0.15, -0.1) is 0 Å². The predicted molar refractivity (Wildman–Crippen MR) is 155 cm³/mol. The van der Waals surface area contributed by atoms with E-state index < -0.39 is 23.6 Å². The van der Waals surface area contributed by atoms with Crippen molar-refractivity contribution in [3.8, 4) is 0 Å². The number of aryl methyl sites for hydroxylation is 1. The van der Waals surface area contributed by atoms with Crippen molar-refractivity contribution < 1.29 is 27.5 Å². The number of methoxy groups -OCH3 is 1. The summed E-state index contributed by atoms with van der Waals surface area (Å²) in [6, 6.07) is 12.4. The Bertz CT molecular complexity index is 1630. The van der Waals surface area contributed by atoms with Crippen LogP contribution in [0.3, 0.4) is 0 Å². The van der Waals surface area contributed by atoms with Crippen LogP contribution in [0.25, 0.3) is 11.0 Å². The van der Waals surface area contributed by atoms with Crippen molar-refractivity contribution in [2.24, 2.45) is 0 Å². The fraction of sp³-hybridized carbons (Fsp3) is 0.300. The summed E-state index contributed by atoms with van der Waals surface area (Å²) in [5, 5.41) is 6.78. The SMILES string of the molecule is COC(=O)c1cc2cc(NCc3cc(NC(=O)c4cc(N5CCN(C)CC5)cc(C(F)(F)F)c4)ccc3C)cnc2[nH]1. The van der Waals surface area contributed by atoms with Crippen LogP contribution in [-0.4, -0.2) is 67.1 Å². The third-order valence-corrected chi connectivity index (χ3v) is 7.34. The molecule has 220 valence electrons. The molecule has 12 heteroatoms. The molecular formula is C30H31F3N6O3. The van der Waals surface area contributed by atoms with Crippen molar-refractivity contribution in [3.05, 3.63) is 82.7 Å². The minimum Gasteiger partial charge on any atom is -0.464 e. The van der Waals surface area contributed by atoms with Crippen molar-refractivity contribution in [2.75, 3.05) is 55.9 Å². The van der Waals surface area contributed by atoms with Crippen molar-refractivity contribution in [2.45, 2.75) is 19.6 Å². The second-order valence-electron chi connectivity index (χ2n) is 10.3. The van der Waals surface area contributed by atoms with Gasteiger partial charge in [0.1, 0.15) is 11.3 Å². The Morgan fingerprint density at radius 2 is 1.79 bits per heavy atom. The molecule has 9 nitrogen and oxygen atoms in total. The molecule has 2 aromatic heterocycles. The third kappa shape index (κ3) is 6.49. The Kier molecular flexibility index (Phi) is 8.08. The molecule has 0 radical (unpaired) electrons. The number of alkyl halides is 3. The molecule has 3 heterocycles. The first-order valence-electron chi connectivity index (χ1n) is 13.4. The lowest BCUT2D eigenvalue weighted by molar-refractivity contribution is -0.137. The molecule has 2 aromatic carbocycles. The number of carbonyl (C=O) groups excluding carboxylic acids is 2. The van der Waals surface area contributed by atoms with Crippen molar-refractivity contribution in [1.82, 2.24) is 14.9 Å². The summed E-state index contributed by atoms with van der Waals surface area (Å²) in [5.74, 6) is -1.11. The molecule has 1 aliphatic rings. The number of rotatable bonds is 7. The van der Waals surface area contributed by atoms with Gasteiger partial charge in [0.05, 0.1) is 24.6 Å². The van der Waals surface area contributed by atoms with Crippen LogP contribution in [0.4, 0.5) is 30.2 Å². The number of pyridine rings is 1. The highest BCUT2D eigenvalue weighted by Crippen LogP contribution is 2.34. The lowest BCUT2D eigenvalue weighted by Gasteiger charge is -2.34. The smallest absolute Gasteiger partial charge is 0.416 e. The molecular weight excluding hydrogens is 549 g/mol. The van der Waals surface area contributed by atoms with Crippen molar-refractivity contribution in [1.29, 1.82) is 0 Å². The van der Waals surface area contributed by atoms with Gasteiger partial charge in [-0.25, -0.2) is 9.78 Å². The first-order valence-corrected chi connectivity index (χ1v) is 13.4. The number of hydrogen-bond donors (Lipinski definition) is 3. The molecule has 0 unspecified atom stereocenters. The van der Waals surface area contributed by atoms with Crippen molar-refractivity contribution >= 4 is 40.0 Å². The predicted octanol–water partition coefficient (Wildman–Crippen LogP) is 5.29. The van der Waals surface area contributed by atoms with Gasteiger partial charge in [-0.3, -0.25) is 4.79 Å². The summed E-state index contributed by atoms with van der Waals surface area (Å²) < 4.78 is 46.0. The second-order valence-corrected chi connectivity index (χ2v) is 10.3. The molecule has 4 aromatic rings. The van der Waals surface area contributed by atoms with Crippen LogP contribution < -0.4 is 15.5 Å². The van der Waals surface area contributed by atoms with Crippen molar-refractivity contribution in [3.63, 3.8) is 0 Å². The highest BCUT2D eigenvalue weighted by molar-refractivity contribution is 6.05. The number of fused-ring (bicyclic) bond motifs is 1. The van der Waals surface area contributed by atoms with Gasteiger partial charge in [0, 0.05) is 55.0 Å². The molecule has 1 saturated heterocycles. The van der Waals surface area contributed by atoms with E-state index in [2.05, 4.69) is 25.5 Å². The Balaban J connectivity index is 1.32. The van der Waals surface area contributed by atoms with Crippen LogP contribution >= 0.6 is 0 Å². The topological polar surface area (TPSA) is 103 Å². The number of aromatic nitrogens is 2. The average Bonchev–Trinajstić information content (AvgIpc) is 3.40. The first-order chi connectivity index (χ1) is 20.0. The number of likely N-dealkylation sites (N-methyl/N-ethyl adjacent to an activating group) is 1. The molecule has 5 rings (SSSR count). The lowest BCUT2D eigenvalue weighted by atomic mass is 10.1. The van der Waals surface area contributed by atoms with Gasteiger partial charge in [0.15, 0.2) is 0 Å². The van der Waals surface area contributed by atoms with Crippen LogP contribution in [0, 0.1) is 6.92 Å². The maximum absolute atomic E-state index is 13.7. The fourth-order valence-corrected chi connectivity index (χ4v) is 4.83. The van der Waals surface area contributed by atoms with Crippen LogP contribution in [0.1, 0.15) is 37.5 Å².